The van der Waals surface area contributed by atoms with Crippen molar-refractivity contribution in [1.82, 2.24) is 25.5 Å². The second-order valence-electron chi connectivity index (χ2n) is 7.52. The lowest BCUT2D eigenvalue weighted by Crippen LogP contribution is -2.55. The van der Waals surface area contributed by atoms with E-state index in [4.69, 9.17) is 0 Å². The zero-order chi connectivity index (χ0) is 23.5. The van der Waals surface area contributed by atoms with Crippen LogP contribution in [0.5, 0.6) is 0 Å². The van der Waals surface area contributed by atoms with Gasteiger partial charge in [0.15, 0.2) is 0 Å². The van der Waals surface area contributed by atoms with Gasteiger partial charge in [-0.05, 0) is 24.8 Å². The van der Waals surface area contributed by atoms with Gasteiger partial charge in [0, 0.05) is 26.5 Å². The van der Waals surface area contributed by atoms with E-state index in [0.29, 0.717) is 19.3 Å². The predicted molar refractivity (Wildman–Crippen MR) is 118 cm³/mol. The van der Waals surface area contributed by atoms with Gasteiger partial charge in [-0.2, -0.15) is 0 Å². The molecule has 1 aromatic carbocycles. The Hall–Kier alpha value is -3.31. The monoisotopic (exact) mass is 441 g/mol. The second-order valence-corrected chi connectivity index (χ2v) is 7.52. The molecule has 170 valence electrons. The van der Waals surface area contributed by atoms with Gasteiger partial charge in [-0.15, -0.1) is 0 Å². The van der Waals surface area contributed by atoms with Crippen LogP contribution in [0.15, 0.2) is 48.9 Å². The molecule has 3 amide bonds. The average Bonchev–Trinajstić information content (AvgIpc) is 2.78. The van der Waals surface area contributed by atoms with Crippen LogP contribution >= 0.6 is 0 Å². The van der Waals surface area contributed by atoms with Crippen LogP contribution in [0.25, 0.3) is 0 Å². The van der Waals surface area contributed by atoms with E-state index in [2.05, 4.69) is 20.6 Å². The largest absolute Gasteiger partial charge is 0.475 e. The molecular weight excluding hydrogens is 413 g/mol. The van der Waals surface area contributed by atoms with Crippen molar-refractivity contribution in [2.24, 2.45) is 0 Å². The number of aryl methyl sites for hydroxylation is 1. The number of hydrogen-bond acceptors (Lipinski definition) is 7. The molecule has 2 aromatic rings. The highest BCUT2D eigenvalue weighted by molar-refractivity contribution is 6.43. The smallest absolute Gasteiger partial charge is 0.426 e. The van der Waals surface area contributed by atoms with E-state index in [1.807, 2.05) is 30.3 Å². The number of carbonyl (C=O) groups is 3. The van der Waals surface area contributed by atoms with Crippen LogP contribution in [0.4, 0.5) is 0 Å². The third-order valence-electron chi connectivity index (χ3n) is 4.81. The highest BCUT2D eigenvalue weighted by Crippen LogP contribution is 2.08. The van der Waals surface area contributed by atoms with Crippen LogP contribution in [0, 0.1) is 0 Å². The van der Waals surface area contributed by atoms with Gasteiger partial charge in [0.25, 0.3) is 5.91 Å². The first kappa shape index (κ1) is 25.0. The molecule has 0 saturated heterocycles. The minimum atomic E-state index is -1.80. The molecule has 2 atom stereocenters. The number of nitrogens with zero attached hydrogens (tertiary/aromatic N) is 3. The van der Waals surface area contributed by atoms with Crippen molar-refractivity contribution in [3.05, 3.63) is 60.2 Å². The van der Waals surface area contributed by atoms with Crippen molar-refractivity contribution in [3.8, 4) is 0 Å². The van der Waals surface area contributed by atoms with Crippen molar-refractivity contribution >= 4 is 24.8 Å². The Kier molecular flexibility index (Phi) is 9.77. The van der Waals surface area contributed by atoms with Crippen molar-refractivity contribution in [2.45, 2.75) is 37.7 Å². The van der Waals surface area contributed by atoms with Crippen molar-refractivity contribution in [3.63, 3.8) is 0 Å². The van der Waals surface area contributed by atoms with Gasteiger partial charge in [-0.25, -0.2) is 4.98 Å². The van der Waals surface area contributed by atoms with Gasteiger partial charge >= 0.3 is 7.12 Å². The zero-order valence-electron chi connectivity index (χ0n) is 18.1. The lowest BCUT2D eigenvalue weighted by molar-refractivity contribution is -0.133. The van der Waals surface area contributed by atoms with Crippen LogP contribution in [-0.4, -0.2) is 75.8 Å². The lowest BCUT2D eigenvalue weighted by Gasteiger charge is -2.23. The standard InChI is InChI=1S/C21H28BN5O5/c1-27(2)19(28)13-16(25-21(30)17-14-23-11-12-24-17)20(29)26-18(22(31)32)10-6-9-15-7-4-3-5-8-15/h3-5,7-8,11-12,14,16,18,31-32H,6,9-10,13H2,1-2H3,(H,25,30)(H,26,29)/t16?,18-/m0/s1. The minimum Gasteiger partial charge on any atom is -0.426 e. The van der Waals surface area contributed by atoms with E-state index >= 15 is 0 Å². The van der Waals surface area contributed by atoms with Crippen LogP contribution in [0.3, 0.4) is 0 Å². The van der Waals surface area contributed by atoms with Crippen molar-refractivity contribution in [1.29, 1.82) is 0 Å². The molecule has 0 aliphatic rings. The summed E-state index contributed by atoms with van der Waals surface area (Å²) in [6, 6.07) is 8.45. The summed E-state index contributed by atoms with van der Waals surface area (Å²) >= 11 is 0. The first-order chi connectivity index (χ1) is 15.3. The zero-order valence-corrected chi connectivity index (χ0v) is 18.1. The molecule has 0 radical (unpaired) electrons. The Bertz CT molecular complexity index is 883. The maximum absolute atomic E-state index is 12.9. The number of aromatic nitrogens is 2. The number of nitrogens with one attached hydrogen (secondary N) is 2. The van der Waals surface area contributed by atoms with Crippen LogP contribution in [0.2, 0.25) is 0 Å². The van der Waals surface area contributed by atoms with E-state index in [1.165, 1.54) is 37.6 Å². The molecule has 10 nitrogen and oxygen atoms in total. The summed E-state index contributed by atoms with van der Waals surface area (Å²) in [5, 5.41) is 24.5. The predicted octanol–water partition coefficient (Wildman–Crippen LogP) is -0.427. The van der Waals surface area contributed by atoms with E-state index in [-0.39, 0.29) is 18.0 Å². The maximum Gasteiger partial charge on any atom is 0.475 e. The number of carbonyl (C=O) groups excluding carboxylic acids is 3. The fourth-order valence-corrected chi connectivity index (χ4v) is 2.96. The molecule has 4 N–H and O–H groups in total. The molecule has 0 fully saturated rings. The number of rotatable bonds is 11. The van der Waals surface area contributed by atoms with Crippen LogP contribution < -0.4 is 10.6 Å². The summed E-state index contributed by atoms with van der Waals surface area (Å²) in [4.78, 5) is 46.5. The summed E-state index contributed by atoms with van der Waals surface area (Å²) in [7, 11) is 1.27. The van der Waals surface area contributed by atoms with Crippen LogP contribution in [-0.2, 0) is 16.0 Å². The number of benzene rings is 1. The van der Waals surface area contributed by atoms with Gasteiger partial charge in [0.2, 0.25) is 11.8 Å². The van der Waals surface area contributed by atoms with Gasteiger partial charge in [0.1, 0.15) is 11.7 Å². The Balaban J connectivity index is 2.04. The summed E-state index contributed by atoms with van der Waals surface area (Å²) in [5.74, 6) is -2.71. The molecule has 1 aromatic heterocycles. The topological polar surface area (TPSA) is 145 Å². The summed E-state index contributed by atoms with van der Waals surface area (Å²) < 4.78 is 0. The van der Waals surface area contributed by atoms with Gasteiger partial charge in [-0.3, -0.25) is 19.4 Å². The normalized spacial score (nSPS) is 12.4. The fraction of sp³-hybridized carbons (Fsp3) is 0.381. The third-order valence-corrected chi connectivity index (χ3v) is 4.81. The molecule has 11 heteroatoms. The molecule has 1 unspecified atom stereocenters. The summed E-state index contributed by atoms with van der Waals surface area (Å²) in [5.41, 5.74) is 1.08. The first-order valence-electron chi connectivity index (χ1n) is 10.3. The first-order valence-corrected chi connectivity index (χ1v) is 10.3. The van der Waals surface area contributed by atoms with E-state index in [0.717, 1.165) is 5.56 Å². The quantitative estimate of drug-likeness (QED) is 0.347. The maximum atomic E-state index is 12.9. The number of amides is 3. The molecule has 0 saturated carbocycles. The highest BCUT2D eigenvalue weighted by atomic mass is 16.4. The average molecular weight is 441 g/mol. The third kappa shape index (κ3) is 8.08. The Morgan fingerprint density at radius 3 is 2.41 bits per heavy atom. The molecule has 32 heavy (non-hydrogen) atoms. The van der Waals surface area contributed by atoms with Gasteiger partial charge < -0.3 is 25.6 Å². The summed E-state index contributed by atoms with van der Waals surface area (Å²) in [6.07, 6.45) is 5.26. The molecule has 2 rings (SSSR count). The van der Waals surface area contributed by atoms with Crippen molar-refractivity contribution < 1.29 is 24.4 Å². The molecule has 1 heterocycles. The molecule has 0 spiro atoms. The lowest BCUT2D eigenvalue weighted by atomic mass is 9.76. The van der Waals surface area contributed by atoms with Crippen LogP contribution in [0.1, 0.15) is 35.3 Å². The molecule has 0 bridgehead atoms. The molecule has 0 aliphatic carbocycles. The van der Waals surface area contributed by atoms with E-state index in [9.17, 15) is 24.4 Å². The minimum absolute atomic E-state index is 0.00999. The number of hydrogen-bond donors (Lipinski definition) is 4. The highest BCUT2D eigenvalue weighted by Gasteiger charge is 2.31. The SMILES string of the molecule is CN(C)C(=O)CC(NC(=O)c1cnccn1)C(=O)N[C@@H](CCCc1ccccc1)B(O)O. The Morgan fingerprint density at radius 1 is 1.09 bits per heavy atom. The Labute approximate surface area is 187 Å². The molecular formula is C21H28BN5O5. The van der Waals surface area contributed by atoms with Gasteiger partial charge in [0.05, 0.1) is 18.6 Å². The summed E-state index contributed by atoms with van der Waals surface area (Å²) in [6.45, 7) is 0. The van der Waals surface area contributed by atoms with E-state index in [1.54, 1.807) is 0 Å². The van der Waals surface area contributed by atoms with E-state index < -0.39 is 30.9 Å². The second kappa shape index (κ2) is 12.5. The van der Waals surface area contributed by atoms with Gasteiger partial charge in [-0.1, -0.05) is 30.3 Å². The van der Waals surface area contributed by atoms with Crippen molar-refractivity contribution in [2.75, 3.05) is 14.1 Å². The molecule has 0 aliphatic heterocycles. The Morgan fingerprint density at radius 2 is 1.81 bits per heavy atom. The fourth-order valence-electron chi connectivity index (χ4n) is 2.96.